The van der Waals surface area contributed by atoms with Gasteiger partial charge in [0.1, 0.15) is 0 Å². The molecule has 9 heteroatoms. The van der Waals surface area contributed by atoms with Crippen molar-refractivity contribution in [2.45, 2.75) is 32.7 Å². The Balaban J connectivity index is 1.78. The Kier molecular flexibility index (Phi) is 5.65. The molecule has 0 saturated carbocycles. The second-order valence-corrected chi connectivity index (χ2v) is 8.11. The van der Waals surface area contributed by atoms with Gasteiger partial charge >= 0.3 is 0 Å². The zero-order valence-corrected chi connectivity index (χ0v) is 18.6. The molecule has 32 heavy (non-hydrogen) atoms. The van der Waals surface area contributed by atoms with Gasteiger partial charge in [-0.1, -0.05) is 12.1 Å². The number of oxazole rings is 1. The maximum absolute atomic E-state index is 13.3. The highest BCUT2D eigenvalue weighted by atomic mass is 16.4. The van der Waals surface area contributed by atoms with Gasteiger partial charge in [-0.15, -0.1) is 0 Å². The van der Waals surface area contributed by atoms with Crippen LogP contribution < -0.4 is 10.6 Å². The minimum Gasteiger partial charge on any atom is -0.436 e. The molecular formula is C23H26N6O3. The molecule has 0 aliphatic carbocycles. The normalized spacial score (nSPS) is 15.8. The lowest BCUT2D eigenvalue weighted by Gasteiger charge is -2.26. The number of likely N-dealkylation sites (tertiary alicyclic amines) is 1. The number of rotatable bonds is 5. The van der Waals surface area contributed by atoms with Gasteiger partial charge in [-0.2, -0.15) is 0 Å². The van der Waals surface area contributed by atoms with Gasteiger partial charge in [-0.05, 0) is 37.5 Å². The van der Waals surface area contributed by atoms with Crippen LogP contribution >= 0.6 is 0 Å². The van der Waals surface area contributed by atoms with E-state index in [1.54, 1.807) is 37.1 Å². The van der Waals surface area contributed by atoms with E-state index in [2.05, 4.69) is 9.97 Å². The highest BCUT2D eigenvalue weighted by Gasteiger charge is 2.36. The molecule has 3 aromatic rings. The van der Waals surface area contributed by atoms with E-state index in [0.29, 0.717) is 29.6 Å². The van der Waals surface area contributed by atoms with E-state index in [1.165, 1.54) is 0 Å². The topological polar surface area (TPSA) is 118 Å². The van der Waals surface area contributed by atoms with Crippen LogP contribution in [0.2, 0.25) is 0 Å². The lowest BCUT2D eigenvalue weighted by atomic mass is 9.98. The summed E-state index contributed by atoms with van der Waals surface area (Å²) in [7, 11) is 3.75. The van der Waals surface area contributed by atoms with Crippen LogP contribution in [0.3, 0.4) is 0 Å². The third kappa shape index (κ3) is 3.93. The molecule has 0 unspecified atom stereocenters. The number of carbonyl (C=O) groups is 2. The molecule has 4 rings (SSSR count). The van der Waals surface area contributed by atoms with Crippen LogP contribution in [0, 0.1) is 13.8 Å². The Morgan fingerprint density at radius 3 is 2.47 bits per heavy atom. The fourth-order valence-corrected chi connectivity index (χ4v) is 4.05. The first-order valence-corrected chi connectivity index (χ1v) is 10.5. The molecule has 3 heterocycles. The average Bonchev–Trinajstić information content (AvgIpc) is 3.39. The fourth-order valence-electron chi connectivity index (χ4n) is 4.05. The molecule has 0 bridgehead atoms. The van der Waals surface area contributed by atoms with Crippen molar-refractivity contribution in [2.24, 2.45) is 5.73 Å². The molecule has 1 aliphatic rings. The van der Waals surface area contributed by atoms with E-state index in [9.17, 15) is 9.59 Å². The zero-order valence-electron chi connectivity index (χ0n) is 18.6. The predicted octanol–water partition coefficient (Wildman–Crippen LogP) is 2.89. The maximum atomic E-state index is 13.3. The van der Waals surface area contributed by atoms with Crippen LogP contribution in [-0.4, -0.2) is 52.3 Å². The fraction of sp³-hybridized carbons (Fsp3) is 0.348. The molecular weight excluding hydrogens is 408 g/mol. The van der Waals surface area contributed by atoms with Crippen LogP contribution in [0.25, 0.3) is 11.1 Å². The van der Waals surface area contributed by atoms with Gasteiger partial charge < -0.3 is 20.0 Å². The third-order valence-corrected chi connectivity index (χ3v) is 5.61. The Bertz CT molecular complexity index is 1170. The molecule has 0 radical (unpaired) electrons. The zero-order chi connectivity index (χ0) is 23.0. The first-order valence-electron chi connectivity index (χ1n) is 10.5. The summed E-state index contributed by atoms with van der Waals surface area (Å²) in [6.45, 7) is 4.10. The number of nitrogens with two attached hydrogens (primary N) is 1. The summed E-state index contributed by atoms with van der Waals surface area (Å²) in [4.78, 5) is 42.0. The van der Waals surface area contributed by atoms with E-state index in [4.69, 9.17) is 15.1 Å². The Morgan fingerprint density at radius 1 is 1.16 bits per heavy atom. The molecule has 2 N–H and O–H groups in total. The van der Waals surface area contributed by atoms with E-state index in [-0.39, 0.29) is 17.7 Å². The number of nitrogens with zero attached hydrogens (tertiary/aromatic N) is 5. The summed E-state index contributed by atoms with van der Waals surface area (Å²) in [5.74, 6) is 0.618. The SMILES string of the molecule is Cc1nc(C)c(C(=O)N2CCC[C@H]2c2nc(N(C)C)ncc2-c2ccc(C(N)=O)cc2)o1. The van der Waals surface area contributed by atoms with Gasteiger partial charge in [-0.25, -0.2) is 15.0 Å². The maximum Gasteiger partial charge on any atom is 0.292 e. The van der Waals surface area contributed by atoms with Crippen molar-refractivity contribution in [3.05, 3.63) is 59.1 Å². The van der Waals surface area contributed by atoms with Gasteiger partial charge in [-0.3, -0.25) is 9.59 Å². The predicted molar refractivity (Wildman–Crippen MR) is 119 cm³/mol. The largest absolute Gasteiger partial charge is 0.436 e. The molecule has 0 spiro atoms. The number of carbonyl (C=O) groups excluding carboxylic acids is 2. The van der Waals surface area contributed by atoms with Gasteiger partial charge in [0.2, 0.25) is 17.6 Å². The smallest absolute Gasteiger partial charge is 0.292 e. The lowest BCUT2D eigenvalue weighted by Crippen LogP contribution is -2.32. The molecule has 2 aromatic heterocycles. The molecule has 166 valence electrons. The molecule has 2 amide bonds. The molecule has 1 aliphatic heterocycles. The number of primary amides is 1. The Morgan fingerprint density at radius 2 is 1.88 bits per heavy atom. The summed E-state index contributed by atoms with van der Waals surface area (Å²) >= 11 is 0. The second kappa shape index (κ2) is 8.41. The number of benzene rings is 1. The molecule has 9 nitrogen and oxygen atoms in total. The van der Waals surface area contributed by atoms with Crippen LogP contribution in [0.15, 0.2) is 34.9 Å². The summed E-state index contributed by atoms with van der Waals surface area (Å²) in [6, 6.07) is 6.77. The number of aromatic nitrogens is 3. The van der Waals surface area contributed by atoms with Gasteiger partial charge in [0.05, 0.1) is 17.4 Å². The standard InChI is InChI=1S/C23H26N6O3/c1-13-20(32-14(2)26-13)22(31)29-11-5-6-18(29)19-17(12-25-23(27-19)28(3)4)15-7-9-16(10-8-15)21(24)30/h7-10,12,18H,5-6,11H2,1-4H3,(H2,24,30)/t18-/m0/s1. The van der Waals surface area contributed by atoms with Gasteiger partial charge in [0.25, 0.3) is 5.91 Å². The number of hydrogen-bond acceptors (Lipinski definition) is 7. The number of anilines is 1. The number of aryl methyl sites for hydroxylation is 2. The summed E-state index contributed by atoms with van der Waals surface area (Å²) in [5, 5.41) is 0. The van der Waals surface area contributed by atoms with Crippen LogP contribution in [0.4, 0.5) is 5.95 Å². The lowest BCUT2D eigenvalue weighted by molar-refractivity contribution is 0.0698. The highest BCUT2D eigenvalue weighted by molar-refractivity contribution is 5.94. The minimum atomic E-state index is -0.485. The van der Waals surface area contributed by atoms with Gasteiger partial charge in [0, 0.05) is 44.9 Å². The van der Waals surface area contributed by atoms with Crippen molar-refractivity contribution >= 4 is 17.8 Å². The summed E-state index contributed by atoms with van der Waals surface area (Å²) < 4.78 is 5.60. The average molecular weight is 435 g/mol. The van der Waals surface area contributed by atoms with E-state index in [0.717, 1.165) is 29.7 Å². The van der Waals surface area contributed by atoms with E-state index >= 15 is 0 Å². The van der Waals surface area contributed by atoms with Crippen molar-refractivity contribution in [2.75, 3.05) is 25.5 Å². The van der Waals surface area contributed by atoms with E-state index < -0.39 is 5.91 Å². The van der Waals surface area contributed by atoms with Crippen LogP contribution in [0.1, 0.15) is 57.1 Å². The summed E-state index contributed by atoms with van der Waals surface area (Å²) in [5.41, 5.74) is 8.80. The van der Waals surface area contributed by atoms with Crippen molar-refractivity contribution in [1.82, 2.24) is 19.9 Å². The van der Waals surface area contributed by atoms with Gasteiger partial charge in [0.15, 0.2) is 5.89 Å². The number of amides is 2. The van der Waals surface area contributed by atoms with E-state index in [1.807, 2.05) is 31.1 Å². The minimum absolute atomic E-state index is 0.189. The third-order valence-electron chi connectivity index (χ3n) is 5.61. The second-order valence-electron chi connectivity index (χ2n) is 8.11. The van der Waals surface area contributed by atoms with Crippen molar-refractivity contribution < 1.29 is 14.0 Å². The Labute approximate surface area is 186 Å². The quantitative estimate of drug-likeness (QED) is 0.656. The summed E-state index contributed by atoms with van der Waals surface area (Å²) in [6.07, 6.45) is 3.39. The number of hydrogen-bond donors (Lipinski definition) is 1. The Hall–Kier alpha value is -3.75. The van der Waals surface area contributed by atoms with Crippen molar-refractivity contribution in [1.29, 1.82) is 0 Å². The highest BCUT2D eigenvalue weighted by Crippen LogP contribution is 2.38. The molecule has 1 saturated heterocycles. The molecule has 1 aromatic carbocycles. The van der Waals surface area contributed by atoms with Crippen LogP contribution in [-0.2, 0) is 0 Å². The molecule has 1 fully saturated rings. The first-order chi connectivity index (χ1) is 15.3. The first kappa shape index (κ1) is 21.5. The van der Waals surface area contributed by atoms with Crippen LogP contribution in [0.5, 0.6) is 0 Å². The monoisotopic (exact) mass is 434 g/mol. The van der Waals surface area contributed by atoms with Crippen molar-refractivity contribution in [3.8, 4) is 11.1 Å². The molecule has 1 atom stereocenters. The van der Waals surface area contributed by atoms with Crippen molar-refractivity contribution in [3.63, 3.8) is 0 Å².